The zero-order chi connectivity index (χ0) is 14.7. The van der Waals surface area contributed by atoms with Crippen LogP contribution >= 0.6 is 0 Å². The average Bonchev–Trinajstić information content (AvgIpc) is 2.97. The van der Waals surface area contributed by atoms with Crippen molar-refractivity contribution in [1.29, 1.82) is 0 Å². The molecule has 1 aromatic carbocycles. The number of nitrogens with one attached hydrogen (secondary N) is 1. The van der Waals surface area contributed by atoms with Crippen LogP contribution in [0.15, 0.2) is 18.2 Å². The summed E-state index contributed by atoms with van der Waals surface area (Å²) < 4.78 is 5.39. The SMILES string of the molecule is Cc1cc(C)cc(NC(=O)[C@@H]2[C@@H]3C[C@H]4[C@@H]2C(=O)O[C@@H]4C3)c1. The lowest BCUT2D eigenvalue weighted by Gasteiger charge is -2.23. The number of rotatable bonds is 2. The Morgan fingerprint density at radius 3 is 2.62 bits per heavy atom. The van der Waals surface area contributed by atoms with E-state index in [2.05, 4.69) is 11.4 Å². The van der Waals surface area contributed by atoms with Gasteiger partial charge in [-0.15, -0.1) is 0 Å². The Labute approximate surface area is 123 Å². The molecule has 0 radical (unpaired) electrons. The van der Waals surface area contributed by atoms with E-state index in [1.807, 2.05) is 26.0 Å². The van der Waals surface area contributed by atoms with E-state index in [1.54, 1.807) is 0 Å². The fourth-order valence-corrected chi connectivity index (χ4v) is 4.64. The number of esters is 1. The standard InChI is InChI=1S/C17H19NO3/c1-8-3-9(2)5-11(4-8)18-16(19)14-10-6-12-13(7-10)21-17(20)15(12)14/h3-5,10,12-15H,6-7H2,1-2H3,(H,18,19)/t10-,12-,13-,14-,15+/m1/s1. The van der Waals surface area contributed by atoms with Gasteiger partial charge in [0.05, 0.1) is 11.8 Å². The molecule has 1 aliphatic heterocycles. The van der Waals surface area contributed by atoms with Gasteiger partial charge in [0, 0.05) is 11.6 Å². The van der Waals surface area contributed by atoms with Gasteiger partial charge in [-0.2, -0.15) is 0 Å². The normalized spacial score (nSPS) is 35.9. The molecule has 3 aliphatic rings. The van der Waals surface area contributed by atoms with Crippen LogP contribution in [-0.4, -0.2) is 18.0 Å². The number of carbonyl (C=O) groups excluding carboxylic acids is 2. The molecule has 3 fully saturated rings. The molecule has 4 heteroatoms. The first-order valence-corrected chi connectivity index (χ1v) is 7.62. The molecule has 110 valence electrons. The molecule has 1 heterocycles. The van der Waals surface area contributed by atoms with Crippen molar-refractivity contribution in [2.45, 2.75) is 32.8 Å². The van der Waals surface area contributed by atoms with Crippen LogP contribution in [-0.2, 0) is 14.3 Å². The van der Waals surface area contributed by atoms with Gasteiger partial charge in [-0.1, -0.05) is 6.07 Å². The molecule has 2 saturated carbocycles. The quantitative estimate of drug-likeness (QED) is 0.849. The number of fused-ring (bicyclic) bond motifs is 1. The lowest BCUT2D eigenvalue weighted by Crippen LogP contribution is -2.35. The van der Waals surface area contributed by atoms with Gasteiger partial charge in [0.25, 0.3) is 0 Å². The molecule has 1 aromatic rings. The van der Waals surface area contributed by atoms with Crippen molar-refractivity contribution < 1.29 is 14.3 Å². The van der Waals surface area contributed by atoms with E-state index in [1.165, 1.54) is 0 Å². The van der Waals surface area contributed by atoms with Gasteiger partial charge in [0.2, 0.25) is 5.91 Å². The fourth-order valence-electron chi connectivity index (χ4n) is 4.64. The number of carbonyl (C=O) groups is 2. The Morgan fingerprint density at radius 2 is 1.90 bits per heavy atom. The maximum atomic E-state index is 12.6. The minimum atomic E-state index is -0.209. The molecule has 0 unspecified atom stereocenters. The van der Waals surface area contributed by atoms with Crippen LogP contribution in [0.4, 0.5) is 5.69 Å². The van der Waals surface area contributed by atoms with Gasteiger partial charge in [0.1, 0.15) is 6.10 Å². The van der Waals surface area contributed by atoms with Crippen LogP contribution in [0, 0.1) is 37.5 Å². The van der Waals surface area contributed by atoms with Gasteiger partial charge in [-0.3, -0.25) is 9.59 Å². The highest BCUT2D eigenvalue weighted by Gasteiger charge is 2.63. The van der Waals surface area contributed by atoms with Crippen molar-refractivity contribution >= 4 is 17.6 Å². The van der Waals surface area contributed by atoms with Crippen molar-refractivity contribution in [3.63, 3.8) is 0 Å². The third-order valence-corrected chi connectivity index (χ3v) is 5.28. The highest BCUT2D eigenvalue weighted by Crippen LogP contribution is 2.57. The number of benzene rings is 1. The van der Waals surface area contributed by atoms with E-state index >= 15 is 0 Å². The second kappa shape index (κ2) is 4.33. The third kappa shape index (κ3) is 1.88. The smallest absolute Gasteiger partial charge is 0.310 e. The summed E-state index contributed by atoms with van der Waals surface area (Å²) in [5.41, 5.74) is 3.07. The maximum Gasteiger partial charge on any atom is 0.310 e. The number of amides is 1. The average molecular weight is 285 g/mol. The monoisotopic (exact) mass is 285 g/mol. The van der Waals surface area contributed by atoms with Crippen molar-refractivity contribution in [3.8, 4) is 0 Å². The molecule has 1 saturated heterocycles. The summed E-state index contributed by atoms with van der Waals surface area (Å²) in [6, 6.07) is 6.01. The summed E-state index contributed by atoms with van der Waals surface area (Å²) in [7, 11) is 0. The first-order valence-electron chi connectivity index (χ1n) is 7.62. The van der Waals surface area contributed by atoms with Crippen LogP contribution in [0.5, 0.6) is 0 Å². The third-order valence-electron chi connectivity index (χ3n) is 5.28. The van der Waals surface area contributed by atoms with Crippen LogP contribution < -0.4 is 5.32 Å². The summed E-state index contributed by atoms with van der Waals surface area (Å²) >= 11 is 0. The van der Waals surface area contributed by atoms with Gasteiger partial charge in [0.15, 0.2) is 0 Å². The summed E-state index contributed by atoms with van der Waals surface area (Å²) in [6.07, 6.45) is 1.90. The van der Waals surface area contributed by atoms with E-state index < -0.39 is 0 Å². The lowest BCUT2D eigenvalue weighted by molar-refractivity contribution is -0.145. The topological polar surface area (TPSA) is 55.4 Å². The number of hydrogen-bond acceptors (Lipinski definition) is 3. The number of aryl methyl sites for hydroxylation is 2. The molecular weight excluding hydrogens is 266 g/mol. The molecule has 2 aliphatic carbocycles. The summed E-state index contributed by atoms with van der Waals surface area (Å²) in [5.74, 6) is -0.0121. The molecule has 0 spiro atoms. The molecule has 5 atom stereocenters. The fraction of sp³-hybridized carbons (Fsp3) is 0.529. The largest absolute Gasteiger partial charge is 0.462 e. The Hall–Kier alpha value is -1.84. The second-order valence-electron chi connectivity index (χ2n) is 6.79. The molecule has 4 rings (SSSR count). The highest BCUT2D eigenvalue weighted by atomic mass is 16.6. The van der Waals surface area contributed by atoms with Crippen LogP contribution in [0.25, 0.3) is 0 Å². The van der Waals surface area contributed by atoms with Crippen LogP contribution in [0.2, 0.25) is 0 Å². The van der Waals surface area contributed by atoms with E-state index in [0.29, 0.717) is 5.92 Å². The predicted molar refractivity (Wildman–Crippen MR) is 77.6 cm³/mol. The van der Waals surface area contributed by atoms with Gasteiger partial charge >= 0.3 is 5.97 Å². The summed E-state index contributed by atoms with van der Waals surface area (Å²) in [5, 5.41) is 3.01. The zero-order valence-electron chi connectivity index (χ0n) is 12.3. The van der Waals surface area contributed by atoms with E-state index in [4.69, 9.17) is 4.74 Å². The highest BCUT2D eigenvalue weighted by molar-refractivity contribution is 5.97. The molecular formula is C17H19NO3. The Bertz CT molecular complexity index is 617. The molecule has 1 amide bonds. The summed E-state index contributed by atoms with van der Waals surface area (Å²) in [4.78, 5) is 24.6. The first kappa shape index (κ1) is 12.9. The van der Waals surface area contributed by atoms with E-state index in [-0.39, 0.29) is 35.7 Å². The first-order chi connectivity index (χ1) is 10.0. The summed E-state index contributed by atoms with van der Waals surface area (Å²) in [6.45, 7) is 4.03. The maximum absolute atomic E-state index is 12.6. The Morgan fingerprint density at radius 1 is 1.19 bits per heavy atom. The molecule has 21 heavy (non-hydrogen) atoms. The van der Waals surface area contributed by atoms with Crippen molar-refractivity contribution in [2.24, 2.45) is 23.7 Å². The molecule has 4 nitrogen and oxygen atoms in total. The molecule has 2 bridgehead atoms. The van der Waals surface area contributed by atoms with Crippen LogP contribution in [0.1, 0.15) is 24.0 Å². The number of ether oxygens (including phenoxy) is 1. The number of anilines is 1. The Balaban J connectivity index is 1.57. The van der Waals surface area contributed by atoms with Crippen molar-refractivity contribution in [3.05, 3.63) is 29.3 Å². The molecule has 0 aromatic heterocycles. The van der Waals surface area contributed by atoms with Gasteiger partial charge < -0.3 is 10.1 Å². The van der Waals surface area contributed by atoms with Gasteiger partial charge in [-0.25, -0.2) is 0 Å². The predicted octanol–water partition coefficient (Wildman–Crippen LogP) is 2.44. The zero-order valence-corrected chi connectivity index (χ0v) is 12.3. The minimum absolute atomic E-state index is 0.0187. The minimum Gasteiger partial charge on any atom is -0.462 e. The second-order valence-corrected chi connectivity index (χ2v) is 6.79. The molecule has 1 N–H and O–H groups in total. The number of hydrogen-bond donors (Lipinski definition) is 1. The van der Waals surface area contributed by atoms with Crippen LogP contribution in [0.3, 0.4) is 0 Å². The van der Waals surface area contributed by atoms with Crippen molar-refractivity contribution in [1.82, 2.24) is 0 Å². The van der Waals surface area contributed by atoms with Gasteiger partial charge in [-0.05, 0) is 55.9 Å². The van der Waals surface area contributed by atoms with E-state index in [9.17, 15) is 9.59 Å². The van der Waals surface area contributed by atoms with E-state index in [0.717, 1.165) is 29.7 Å². The Kier molecular flexibility index (Phi) is 2.65. The van der Waals surface area contributed by atoms with Crippen molar-refractivity contribution in [2.75, 3.05) is 5.32 Å². The lowest BCUT2D eigenvalue weighted by atomic mass is 9.79.